The molecule has 2 heterocycles. The molecule has 2 fully saturated rings. The highest BCUT2D eigenvalue weighted by atomic mass is 16.6. The van der Waals surface area contributed by atoms with E-state index in [-0.39, 0.29) is 30.4 Å². The fourth-order valence-corrected chi connectivity index (χ4v) is 2.77. The molecular formula is C17H18O5. The molecule has 2 aliphatic heterocycles. The molecule has 0 amide bonds. The number of benzene rings is 1. The van der Waals surface area contributed by atoms with Gasteiger partial charge in [-0.1, -0.05) is 30.3 Å². The topological polar surface area (TPSA) is 61.8 Å². The van der Waals surface area contributed by atoms with Crippen molar-refractivity contribution in [3.63, 3.8) is 0 Å². The Kier molecular flexibility index (Phi) is 4.36. The summed E-state index contributed by atoms with van der Waals surface area (Å²) >= 11 is 0. The first-order chi connectivity index (χ1) is 10.6. The van der Waals surface area contributed by atoms with Crippen molar-refractivity contribution < 1.29 is 23.8 Å². The third kappa shape index (κ3) is 3.26. The molecule has 0 unspecified atom stereocenters. The van der Waals surface area contributed by atoms with E-state index in [2.05, 4.69) is 0 Å². The number of esters is 1. The lowest BCUT2D eigenvalue weighted by molar-refractivity contribution is -0.147. The van der Waals surface area contributed by atoms with E-state index in [1.165, 1.54) is 13.0 Å². The molecule has 0 radical (unpaired) electrons. The molecule has 22 heavy (non-hydrogen) atoms. The number of rotatable bonds is 5. The highest BCUT2D eigenvalue weighted by Gasteiger charge is 2.51. The lowest BCUT2D eigenvalue weighted by Crippen LogP contribution is -2.34. The van der Waals surface area contributed by atoms with Gasteiger partial charge < -0.3 is 14.2 Å². The zero-order valence-corrected chi connectivity index (χ0v) is 12.3. The zero-order chi connectivity index (χ0) is 15.5. The number of carbonyl (C=O) groups is 2. The minimum absolute atomic E-state index is 0.0561. The Bertz CT molecular complexity index is 580. The summed E-state index contributed by atoms with van der Waals surface area (Å²) in [6.45, 7) is 1.88. The molecule has 0 N–H and O–H groups in total. The van der Waals surface area contributed by atoms with Gasteiger partial charge >= 0.3 is 5.97 Å². The highest BCUT2D eigenvalue weighted by molar-refractivity contribution is 5.87. The van der Waals surface area contributed by atoms with Gasteiger partial charge in [0.15, 0.2) is 11.9 Å². The van der Waals surface area contributed by atoms with Crippen LogP contribution in [-0.2, 0) is 30.4 Å². The lowest BCUT2D eigenvalue weighted by Gasteiger charge is -2.20. The van der Waals surface area contributed by atoms with Gasteiger partial charge in [-0.3, -0.25) is 9.59 Å². The predicted octanol–water partition coefficient (Wildman–Crippen LogP) is 1.80. The molecule has 4 atom stereocenters. The Balaban J connectivity index is 1.70. The summed E-state index contributed by atoms with van der Waals surface area (Å²) < 4.78 is 17.0. The quantitative estimate of drug-likeness (QED) is 0.613. The summed E-state index contributed by atoms with van der Waals surface area (Å²) in [6.07, 6.45) is 1.91. The summed E-state index contributed by atoms with van der Waals surface area (Å²) in [5.74, 6) is -0.322. The Morgan fingerprint density at radius 1 is 1.36 bits per heavy atom. The summed E-state index contributed by atoms with van der Waals surface area (Å²) in [5, 5.41) is 0. The number of fused-ring (bicyclic) bond motifs is 1. The van der Waals surface area contributed by atoms with E-state index >= 15 is 0 Å². The number of carbonyl (C=O) groups excluding carboxylic acids is 2. The van der Waals surface area contributed by atoms with E-state index in [0.717, 1.165) is 5.56 Å². The third-order valence-electron chi connectivity index (χ3n) is 3.79. The van der Waals surface area contributed by atoms with Crippen LogP contribution in [0.25, 0.3) is 0 Å². The molecule has 5 nitrogen and oxygen atoms in total. The average molecular weight is 302 g/mol. The van der Waals surface area contributed by atoms with Gasteiger partial charge in [-0.15, -0.1) is 0 Å². The highest BCUT2D eigenvalue weighted by Crippen LogP contribution is 2.34. The van der Waals surface area contributed by atoms with Crippen LogP contribution >= 0.6 is 0 Å². The smallest absolute Gasteiger partial charge is 0.309 e. The van der Waals surface area contributed by atoms with E-state index in [4.69, 9.17) is 14.2 Å². The molecule has 0 bridgehead atoms. The van der Waals surface area contributed by atoms with Crippen LogP contribution in [0.3, 0.4) is 0 Å². The molecule has 1 aromatic rings. The van der Waals surface area contributed by atoms with Gasteiger partial charge in [-0.25, -0.2) is 0 Å². The average Bonchev–Trinajstić information content (AvgIpc) is 3.00. The Labute approximate surface area is 128 Å². The second-order valence-electron chi connectivity index (χ2n) is 5.53. The molecule has 2 saturated heterocycles. The first-order valence-electron chi connectivity index (χ1n) is 7.33. The number of hydrogen-bond donors (Lipinski definition) is 0. The van der Waals surface area contributed by atoms with Crippen molar-refractivity contribution >= 4 is 11.8 Å². The Morgan fingerprint density at radius 2 is 2.14 bits per heavy atom. The van der Waals surface area contributed by atoms with E-state index in [1.54, 1.807) is 6.08 Å². The largest absolute Gasteiger partial charge is 0.457 e. The Hall–Kier alpha value is -1.98. The van der Waals surface area contributed by atoms with Crippen LogP contribution in [0.15, 0.2) is 42.5 Å². The lowest BCUT2D eigenvalue weighted by atomic mass is 10.1. The van der Waals surface area contributed by atoms with E-state index in [1.807, 2.05) is 30.3 Å². The minimum atomic E-state index is -0.405. The van der Waals surface area contributed by atoms with Crippen LogP contribution < -0.4 is 0 Å². The maximum absolute atomic E-state index is 11.4. The van der Waals surface area contributed by atoms with Crippen molar-refractivity contribution in [2.45, 2.75) is 44.4 Å². The summed E-state index contributed by atoms with van der Waals surface area (Å²) in [6, 6.07) is 9.75. The van der Waals surface area contributed by atoms with E-state index < -0.39 is 12.2 Å². The predicted molar refractivity (Wildman–Crippen MR) is 78.0 cm³/mol. The van der Waals surface area contributed by atoms with Crippen molar-refractivity contribution in [1.29, 1.82) is 0 Å². The monoisotopic (exact) mass is 302 g/mol. The molecule has 0 aromatic heterocycles. The molecule has 0 aliphatic carbocycles. The van der Waals surface area contributed by atoms with E-state index in [0.29, 0.717) is 6.61 Å². The normalized spacial score (nSPS) is 30.5. The number of allylic oxidation sites excluding steroid dienone is 1. The SMILES string of the molecule is CC(=O)/C=C/[C@H]1O[C@H]2CC(=O)O[C@H]2[C@H]1OCc1ccccc1. The van der Waals surface area contributed by atoms with Gasteiger partial charge in [0.2, 0.25) is 0 Å². The van der Waals surface area contributed by atoms with Crippen LogP contribution in [0.4, 0.5) is 0 Å². The summed E-state index contributed by atoms with van der Waals surface area (Å²) in [7, 11) is 0. The van der Waals surface area contributed by atoms with Gasteiger partial charge in [-0.2, -0.15) is 0 Å². The van der Waals surface area contributed by atoms with Crippen molar-refractivity contribution in [2.75, 3.05) is 0 Å². The first kappa shape index (κ1) is 14.9. The minimum Gasteiger partial charge on any atom is -0.457 e. The van der Waals surface area contributed by atoms with Crippen LogP contribution in [0.5, 0.6) is 0 Å². The van der Waals surface area contributed by atoms with Crippen molar-refractivity contribution in [3.8, 4) is 0 Å². The summed E-state index contributed by atoms with van der Waals surface area (Å²) in [5.41, 5.74) is 1.03. The summed E-state index contributed by atoms with van der Waals surface area (Å²) in [4.78, 5) is 22.5. The third-order valence-corrected chi connectivity index (χ3v) is 3.79. The van der Waals surface area contributed by atoms with Crippen molar-refractivity contribution in [1.82, 2.24) is 0 Å². The molecular weight excluding hydrogens is 284 g/mol. The standard InChI is InChI=1S/C17H18O5/c1-11(18)7-8-13-16(17-14(21-13)9-15(19)22-17)20-10-12-5-3-2-4-6-12/h2-8,13-14,16-17H,9-10H2,1H3/b8-7+/t13-,14+,16+,17-/m1/s1. The molecule has 1 aromatic carbocycles. The number of ether oxygens (including phenoxy) is 3. The van der Waals surface area contributed by atoms with E-state index in [9.17, 15) is 9.59 Å². The van der Waals surface area contributed by atoms with Crippen molar-refractivity contribution in [3.05, 3.63) is 48.0 Å². The zero-order valence-electron chi connectivity index (χ0n) is 12.3. The molecule has 0 spiro atoms. The van der Waals surface area contributed by atoms with Crippen LogP contribution in [0, 0.1) is 0 Å². The van der Waals surface area contributed by atoms with Gasteiger partial charge in [0, 0.05) is 0 Å². The molecule has 5 heteroatoms. The van der Waals surface area contributed by atoms with Crippen LogP contribution in [0.2, 0.25) is 0 Å². The van der Waals surface area contributed by atoms with Gasteiger partial charge in [0.05, 0.1) is 13.0 Å². The fraction of sp³-hybridized carbons (Fsp3) is 0.412. The van der Waals surface area contributed by atoms with Gasteiger partial charge in [0.1, 0.15) is 18.3 Å². The molecule has 0 saturated carbocycles. The van der Waals surface area contributed by atoms with Gasteiger partial charge in [-0.05, 0) is 24.6 Å². The number of hydrogen-bond acceptors (Lipinski definition) is 5. The maximum atomic E-state index is 11.4. The fourth-order valence-electron chi connectivity index (χ4n) is 2.77. The molecule has 2 aliphatic rings. The van der Waals surface area contributed by atoms with Gasteiger partial charge in [0.25, 0.3) is 0 Å². The van der Waals surface area contributed by atoms with Crippen LogP contribution in [-0.4, -0.2) is 36.2 Å². The first-order valence-corrected chi connectivity index (χ1v) is 7.33. The second-order valence-corrected chi connectivity index (χ2v) is 5.53. The second kappa shape index (κ2) is 6.42. The van der Waals surface area contributed by atoms with Crippen LogP contribution in [0.1, 0.15) is 18.9 Å². The maximum Gasteiger partial charge on any atom is 0.309 e. The molecule has 116 valence electrons. The Morgan fingerprint density at radius 3 is 2.86 bits per heavy atom. The molecule has 3 rings (SSSR count). The number of ketones is 1. The van der Waals surface area contributed by atoms with Crippen molar-refractivity contribution in [2.24, 2.45) is 0 Å².